The standard InChI is InChI=1S/C11H11N3O2S/c12-9(15)6-7-17-11-14-13-10(16-11)8-4-2-1-3-5-8/h1-5H,6-7H2,(H2,12,15). The highest BCUT2D eigenvalue weighted by Gasteiger charge is 2.08. The van der Waals surface area contributed by atoms with Crippen molar-refractivity contribution in [3.8, 4) is 11.5 Å². The van der Waals surface area contributed by atoms with Gasteiger partial charge in [0.2, 0.25) is 11.8 Å². The average Bonchev–Trinajstić information content (AvgIpc) is 2.78. The van der Waals surface area contributed by atoms with E-state index < -0.39 is 0 Å². The van der Waals surface area contributed by atoms with Crippen molar-refractivity contribution in [3.05, 3.63) is 30.3 Å². The normalized spacial score (nSPS) is 10.4. The van der Waals surface area contributed by atoms with Gasteiger partial charge in [0.25, 0.3) is 5.22 Å². The van der Waals surface area contributed by atoms with E-state index in [-0.39, 0.29) is 5.91 Å². The predicted molar refractivity (Wildman–Crippen MR) is 64.3 cm³/mol. The average molecular weight is 249 g/mol. The number of amides is 1. The third kappa shape index (κ3) is 3.32. The molecule has 1 heterocycles. The van der Waals surface area contributed by atoms with Gasteiger partial charge in [-0.15, -0.1) is 10.2 Å². The van der Waals surface area contributed by atoms with Crippen LogP contribution in [-0.2, 0) is 4.79 Å². The minimum Gasteiger partial charge on any atom is -0.411 e. The summed E-state index contributed by atoms with van der Waals surface area (Å²) in [5.41, 5.74) is 5.91. The molecule has 2 aromatic rings. The van der Waals surface area contributed by atoms with E-state index in [0.717, 1.165) is 5.56 Å². The number of hydrogen-bond donors (Lipinski definition) is 1. The number of carbonyl (C=O) groups is 1. The summed E-state index contributed by atoms with van der Waals surface area (Å²) in [5.74, 6) is 0.693. The van der Waals surface area contributed by atoms with Crippen LogP contribution in [0.4, 0.5) is 0 Å². The van der Waals surface area contributed by atoms with Gasteiger partial charge in [0.1, 0.15) is 0 Å². The first-order valence-electron chi connectivity index (χ1n) is 5.06. The monoisotopic (exact) mass is 249 g/mol. The predicted octanol–water partition coefficient (Wildman–Crippen LogP) is 1.70. The summed E-state index contributed by atoms with van der Waals surface area (Å²) in [6.45, 7) is 0. The maximum Gasteiger partial charge on any atom is 0.276 e. The SMILES string of the molecule is NC(=O)CCSc1nnc(-c2ccccc2)o1. The van der Waals surface area contributed by atoms with Gasteiger partial charge in [-0.2, -0.15) is 0 Å². The number of thioether (sulfide) groups is 1. The molecule has 2 N–H and O–H groups in total. The van der Waals surface area contributed by atoms with Gasteiger partial charge in [-0.3, -0.25) is 4.79 Å². The van der Waals surface area contributed by atoms with Crippen LogP contribution in [0.1, 0.15) is 6.42 Å². The summed E-state index contributed by atoms with van der Waals surface area (Å²) < 4.78 is 5.44. The fourth-order valence-electron chi connectivity index (χ4n) is 1.20. The van der Waals surface area contributed by atoms with Crippen molar-refractivity contribution in [2.75, 3.05) is 5.75 Å². The molecule has 0 saturated carbocycles. The van der Waals surface area contributed by atoms with E-state index in [0.29, 0.717) is 23.3 Å². The first-order valence-corrected chi connectivity index (χ1v) is 6.04. The van der Waals surface area contributed by atoms with Crippen molar-refractivity contribution in [2.45, 2.75) is 11.6 Å². The Morgan fingerprint density at radius 2 is 2.06 bits per heavy atom. The van der Waals surface area contributed by atoms with Gasteiger partial charge in [-0.1, -0.05) is 30.0 Å². The highest BCUT2D eigenvalue weighted by molar-refractivity contribution is 7.99. The van der Waals surface area contributed by atoms with E-state index in [9.17, 15) is 4.79 Å². The van der Waals surface area contributed by atoms with Crippen LogP contribution in [0.15, 0.2) is 40.0 Å². The summed E-state index contributed by atoms with van der Waals surface area (Å²) in [5, 5.41) is 8.26. The van der Waals surface area contributed by atoms with Gasteiger partial charge in [0.05, 0.1) is 0 Å². The molecule has 17 heavy (non-hydrogen) atoms. The molecule has 0 bridgehead atoms. The minimum absolute atomic E-state index is 0.299. The van der Waals surface area contributed by atoms with E-state index >= 15 is 0 Å². The molecule has 5 nitrogen and oxygen atoms in total. The number of benzene rings is 1. The van der Waals surface area contributed by atoms with Gasteiger partial charge in [-0.05, 0) is 12.1 Å². The van der Waals surface area contributed by atoms with Crippen LogP contribution >= 0.6 is 11.8 Å². The van der Waals surface area contributed by atoms with Crippen molar-refractivity contribution in [1.82, 2.24) is 10.2 Å². The highest BCUT2D eigenvalue weighted by Crippen LogP contribution is 2.22. The molecule has 0 unspecified atom stereocenters. The Bertz CT molecular complexity index is 498. The largest absolute Gasteiger partial charge is 0.411 e. The molecule has 0 aliphatic rings. The van der Waals surface area contributed by atoms with Crippen LogP contribution in [0.2, 0.25) is 0 Å². The Labute approximate surface area is 102 Å². The Morgan fingerprint density at radius 1 is 1.29 bits per heavy atom. The molecular formula is C11H11N3O2S. The number of rotatable bonds is 5. The molecule has 2 rings (SSSR count). The summed E-state index contributed by atoms with van der Waals surface area (Å²) in [6.07, 6.45) is 0.299. The second-order valence-corrected chi connectivity index (χ2v) is 4.35. The van der Waals surface area contributed by atoms with Crippen molar-refractivity contribution in [3.63, 3.8) is 0 Å². The van der Waals surface area contributed by atoms with Gasteiger partial charge in [-0.25, -0.2) is 0 Å². The van der Waals surface area contributed by atoms with Crippen LogP contribution in [0.5, 0.6) is 0 Å². The molecule has 0 radical (unpaired) electrons. The first-order chi connectivity index (χ1) is 8.25. The molecule has 0 saturated heterocycles. The molecule has 0 spiro atoms. The first kappa shape index (κ1) is 11.7. The zero-order valence-electron chi connectivity index (χ0n) is 9.00. The topological polar surface area (TPSA) is 82.0 Å². The van der Waals surface area contributed by atoms with E-state index in [1.54, 1.807) is 0 Å². The fraction of sp³-hybridized carbons (Fsp3) is 0.182. The van der Waals surface area contributed by atoms with Crippen LogP contribution in [0, 0.1) is 0 Å². The van der Waals surface area contributed by atoms with Crippen LogP contribution in [0.3, 0.4) is 0 Å². The van der Waals surface area contributed by atoms with Crippen LogP contribution in [-0.4, -0.2) is 21.9 Å². The highest BCUT2D eigenvalue weighted by atomic mass is 32.2. The quantitative estimate of drug-likeness (QED) is 0.815. The summed E-state index contributed by atoms with van der Waals surface area (Å²) in [6, 6.07) is 9.51. The number of nitrogens with zero attached hydrogens (tertiary/aromatic N) is 2. The Balaban J connectivity index is 1.99. The van der Waals surface area contributed by atoms with Crippen LogP contribution < -0.4 is 5.73 Å². The fourth-order valence-corrected chi connectivity index (χ4v) is 1.92. The molecular weight excluding hydrogens is 238 g/mol. The number of primary amides is 1. The summed E-state index contributed by atoms with van der Waals surface area (Å²) in [7, 11) is 0. The lowest BCUT2D eigenvalue weighted by atomic mass is 10.2. The molecule has 6 heteroatoms. The van der Waals surface area contributed by atoms with Gasteiger partial charge >= 0.3 is 0 Å². The van der Waals surface area contributed by atoms with Crippen molar-refractivity contribution < 1.29 is 9.21 Å². The maximum atomic E-state index is 10.6. The van der Waals surface area contributed by atoms with Crippen LogP contribution in [0.25, 0.3) is 11.5 Å². The lowest BCUT2D eigenvalue weighted by Gasteiger charge is -1.93. The number of carbonyl (C=O) groups excluding carboxylic acids is 1. The third-order valence-corrected chi connectivity index (χ3v) is 2.82. The van der Waals surface area contributed by atoms with Gasteiger partial charge in [0, 0.05) is 17.7 Å². The van der Waals surface area contributed by atoms with Gasteiger partial charge < -0.3 is 10.2 Å². The second-order valence-electron chi connectivity index (χ2n) is 3.30. The van der Waals surface area contributed by atoms with Gasteiger partial charge in [0.15, 0.2) is 0 Å². The van der Waals surface area contributed by atoms with E-state index in [1.165, 1.54) is 11.8 Å². The molecule has 0 fully saturated rings. The molecule has 1 amide bonds. The lowest BCUT2D eigenvalue weighted by Crippen LogP contribution is -2.10. The third-order valence-electron chi connectivity index (χ3n) is 2.00. The maximum absolute atomic E-state index is 10.6. The van der Waals surface area contributed by atoms with Crippen molar-refractivity contribution in [2.24, 2.45) is 5.73 Å². The molecule has 0 atom stereocenters. The molecule has 0 aliphatic carbocycles. The van der Waals surface area contributed by atoms with E-state index in [2.05, 4.69) is 10.2 Å². The van der Waals surface area contributed by atoms with E-state index in [1.807, 2.05) is 30.3 Å². The zero-order chi connectivity index (χ0) is 12.1. The second kappa shape index (κ2) is 5.49. The molecule has 88 valence electrons. The Morgan fingerprint density at radius 3 is 2.76 bits per heavy atom. The van der Waals surface area contributed by atoms with Crippen molar-refractivity contribution in [1.29, 1.82) is 0 Å². The van der Waals surface area contributed by atoms with Crippen molar-refractivity contribution >= 4 is 17.7 Å². The molecule has 1 aromatic heterocycles. The van der Waals surface area contributed by atoms with E-state index in [4.69, 9.17) is 10.2 Å². The Kier molecular flexibility index (Phi) is 3.77. The summed E-state index contributed by atoms with van der Waals surface area (Å²) in [4.78, 5) is 10.6. The Hall–Kier alpha value is -1.82. The number of aromatic nitrogens is 2. The number of hydrogen-bond acceptors (Lipinski definition) is 5. The number of nitrogens with two attached hydrogens (primary N) is 1. The smallest absolute Gasteiger partial charge is 0.276 e. The molecule has 0 aliphatic heterocycles. The summed E-state index contributed by atoms with van der Waals surface area (Å²) >= 11 is 1.32. The molecule has 1 aromatic carbocycles. The minimum atomic E-state index is -0.333. The zero-order valence-corrected chi connectivity index (χ0v) is 9.81. The lowest BCUT2D eigenvalue weighted by molar-refractivity contribution is -0.117.